The molecule has 0 saturated heterocycles. The van der Waals surface area contributed by atoms with Crippen LogP contribution in [-0.2, 0) is 28.6 Å². The summed E-state index contributed by atoms with van der Waals surface area (Å²) in [5, 5.41) is 0. The number of carbonyl (C=O) groups excluding carboxylic acids is 3. The lowest BCUT2D eigenvalue weighted by Crippen LogP contribution is -2.30. The highest BCUT2D eigenvalue weighted by Gasteiger charge is 2.19. The second-order valence-electron chi connectivity index (χ2n) is 19.6. The van der Waals surface area contributed by atoms with E-state index in [-0.39, 0.29) is 31.1 Å². The first-order valence-corrected chi connectivity index (χ1v) is 27.3. The summed E-state index contributed by atoms with van der Waals surface area (Å²) in [7, 11) is 0. The van der Waals surface area contributed by atoms with Gasteiger partial charge in [-0.05, 0) is 31.1 Å². The van der Waals surface area contributed by atoms with Gasteiger partial charge in [0, 0.05) is 19.3 Å². The summed E-state index contributed by atoms with van der Waals surface area (Å²) in [6, 6.07) is 0. The summed E-state index contributed by atoms with van der Waals surface area (Å²) in [6.07, 6.45) is 49.4. The Kier molecular flexibility index (Phi) is 46.6. The number of hydrogen-bond acceptors (Lipinski definition) is 6. The van der Waals surface area contributed by atoms with Crippen molar-refractivity contribution in [3.8, 4) is 0 Å². The van der Waals surface area contributed by atoms with Crippen molar-refractivity contribution in [2.75, 3.05) is 13.2 Å². The molecule has 0 bridgehead atoms. The molecule has 2 atom stereocenters. The maximum absolute atomic E-state index is 12.8. The molecule has 0 aliphatic heterocycles. The van der Waals surface area contributed by atoms with Crippen molar-refractivity contribution in [3.05, 3.63) is 0 Å². The summed E-state index contributed by atoms with van der Waals surface area (Å²) in [6.45, 7) is 11.4. The lowest BCUT2D eigenvalue weighted by molar-refractivity contribution is -0.167. The molecule has 6 nitrogen and oxygen atoms in total. The first-order valence-electron chi connectivity index (χ1n) is 27.3. The molecule has 0 aromatic heterocycles. The van der Waals surface area contributed by atoms with Gasteiger partial charge in [-0.2, -0.15) is 0 Å². The van der Waals surface area contributed by atoms with Crippen LogP contribution in [0, 0.1) is 11.8 Å². The minimum Gasteiger partial charge on any atom is -0.462 e. The van der Waals surface area contributed by atoms with Gasteiger partial charge in [0.1, 0.15) is 13.2 Å². The Labute approximate surface area is 380 Å². The summed E-state index contributed by atoms with van der Waals surface area (Å²) in [5.41, 5.74) is 0. The fourth-order valence-corrected chi connectivity index (χ4v) is 8.31. The third-order valence-electron chi connectivity index (χ3n) is 12.8. The number of ether oxygens (including phenoxy) is 3. The van der Waals surface area contributed by atoms with Crippen LogP contribution in [0.15, 0.2) is 0 Å². The van der Waals surface area contributed by atoms with Gasteiger partial charge < -0.3 is 14.2 Å². The van der Waals surface area contributed by atoms with Crippen LogP contribution in [0.1, 0.15) is 304 Å². The highest BCUT2D eigenvalue weighted by Crippen LogP contribution is 2.18. The molecule has 0 aliphatic rings. The molecule has 0 N–H and O–H groups in total. The van der Waals surface area contributed by atoms with Crippen LogP contribution in [0.4, 0.5) is 0 Å². The molecule has 1 unspecified atom stereocenters. The molecule has 0 aromatic rings. The number of unbranched alkanes of at least 4 members (excludes halogenated alkanes) is 33. The second-order valence-corrected chi connectivity index (χ2v) is 19.6. The van der Waals surface area contributed by atoms with Gasteiger partial charge in [0.25, 0.3) is 0 Å². The van der Waals surface area contributed by atoms with Crippen molar-refractivity contribution >= 4 is 17.9 Å². The average molecular weight is 863 g/mol. The lowest BCUT2D eigenvalue weighted by atomic mass is 9.99. The Hall–Kier alpha value is -1.59. The summed E-state index contributed by atoms with van der Waals surface area (Å²) in [5.74, 6) is 0.852. The number of rotatable bonds is 49. The van der Waals surface area contributed by atoms with E-state index in [0.29, 0.717) is 19.3 Å². The molecule has 0 saturated carbocycles. The van der Waals surface area contributed by atoms with E-state index >= 15 is 0 Å². The van der Waals surface area contributed by atoms with E-state index in [1.807, 2.05) is 0 Å². The highest BCUT2D eigenvalue weighted by atomic mass is 16.6. The van der Waals surface area contributed by atoms with Crippen molar-refractivity contribution in [2.24, 2.45) is 11.8 Å². The van der Waals surface area contributed by atoms with Crippen molar-refractivity contribution in [1.29, 1.82) is 0 Å². The molecule has 61 heavy (non-hydrogen) atoms. The zero-order chi connectivity index (χ0) is 44.7. The molecule has 0 aromatic carbocycles. The molecule has 0 rings (SSSR count). The van der Waals surface area contributed by atoms with Crippen LogP contribution in [0.5, 0.6) is 0 Å². The van der Waals surface area contributed by atoms with Crippen molar-refractivity contribution in [2.45, 2.75) is 310 Å². The number of hydrogen-bond donors (Lipinski definition) is 0. The predicted molar refractivity (Wildman–Crippen MR) is 261 cm³/mol. The molecule has 0 spiro atoms. The monoisotopic (exact) mass is 863 g/mol. The van der Waals surface area contributed by atoms with E-state index in [2.05, 4.69) is 34.6 Å². The maximum Gasteiger partial charge on any atom is 0.306 e. The largest absolute Gasteiger partial charge is 0.462 e. The Bertz CT molecular complexity index is 933. The number of esters is 3. The molecular formula is C55H106O6. The minimum absolute atomic E-state index is 0.0634. The highest BCUT2D eigenvalue weighted by molar-refractivity contribution is 5.71. The van der Waals surface area contributed by atoms with Crippen LogP contribution in [0.3, 0.4) is 0 Å². The normalized spacial score (nSPS) is 12.5. The topological polar surface area (TPSA) is 78.9 Å². The van der Waals surface area contributed by atoms with E-state index in [9.17, 15) is 14.4 Å². The molecule has 0 aliphatic carbocycles. The van der Waals surface area contributed by atoms with E-state index in [0.717, 1.165) is 69.6 Å². The van der Waals surface area contributed by atoms with Gasteiger partial charge in [-0.3, -0.25) is 14.4 Å². The van der Waals surface area contributed by atoms with Crippen LogP contribution >= 0.6 is 0 Å². The van der Waals surface area contributed by atoms with Gasteiger partial charge in [0.15, 0.2) is 6.10 Å². The number of carbonyl (C=O) groups is 3. The molecule has 0 heterocycles. The van der Waals surface area contributed by atoms with E-state index in [4.69, 9.17) is 14.2 Å². The van der Waals surface area contributed by atoms with Gasteiger partial charge >= 0.3 is 17.9 Å². The third-order valence-corrected chi connectivity index (χ3v) is 12.8. The Morgan fingerprint density at radius 2 is 0.623 bits per heavy atom. The zero-order valence-corrected chi connectivity index (χ0v) is 41.8. The summed E-state index contributed by atoms with van der Waals surface area (Å²) >= 11 is 0. The smallest absolute Gasteiger partial charge is 0.306 e. The van der Waals surface area contributed by atoms with Crippen LogP contribution in [-0.4, -0.2) is 37.2 Å². The van der Waals surface area contributed by atoms with Gasteiger partial charge in [0.2, 0.25) is 0 Å². The Morgan fingerprint density at radius 1 is 0.344 bits per heavy atom. The molecule has 362 valence electrons. The second kappa shape index (κ2) is 47.9. The molecule has 0 amide bonds. The standard InChI is InChI=1S/C55H106O6/c1-6-8-9-10-11-12-13-14-15-16-19-27-32-37-42-47-55(58)61-52(48-59-53(56)45-40-35-30-25-20-17-18-23-28-33-38-43-50(3)4)49-60-54(57)46-41-36-31-26-22-21-24-29-34-39-44-51(5)7-2/h50-52H,6-49H2,1-5H3/t51?,52-/m0/s1. The van der Waals surface area contributed by atoms with Gasteiger partial charge in [-0.15, -0.1) is 0 Å². The van der Waals surface area contributed by atoms with Crippen LogP contribution < -0.4 is 0 Å². The summed E-state index contributed by atoms with van der Waals surface area (Å²) in [4.78, 5) is 38.0. The Morgan fingerprint density at radius 3 is 0.934 bits per heavy atom. The lowest BCUT2D eigenvalue weighted by Gasteiger charge is -2.18. The predicted octanol–water partition coefficient (Wildman–Crippen LogP) is 17.7. The molecule has 0 radical (unpaired) electrons. The van der Waals surface area contributed by atoms with Crippen molar-refractivity contribution < 1.29 is 28.6 Å². The average Bonchev–Trinajstić information content (AvgIpc) is 3.24. The maximum atomic E-state index is 12.8. The molecular weight excluding hydrogens is 757 g/mol. The van der Waals surface area contributed by atoms with E-state index in [1.165, 1.54) is 193 Å². The SMILES string of the molecule is CCCCCCCCCCCCCCCCCC(=O)O[C@@H](COC(=O)CCCCCCCCCCCCCC(C)C)COC(=O)CCCCCCCCCCCCC(C)CC. The third kappa shape index (κ3) is 47.7. The quantitative estimate of drug-likeness (QED) is 0.0344. The first-order chi connectivity index (χ1) is 29.8. The van der Waals surface area contributed by atoms with Crippen molar-refractivity contribution in [3.63, 3.8) is 0 Å². The van der Waals surface area contributed by atoms with Crippen LogP contribution in [0.25, 0.3) is 0 Å². The van der Waals surface area contributed by atoms with E-state index < -0.39 is 6.10 Å². The fourth-order valence-electron chi connectivity index (χ4n) is 8.31. The molecule has 0 fully saturated rings. The van der Waals surface area contributed by atoms with E-state index in [1.54, 1.807) is 0 Å². The van der Waals surface area contributed by atoms with Crippen molar-refractivity contribution in [1.82, 2.24) is 0 Å². The zero-order valence-electron chi connectivity index (χ0n) is 41.8. The van der Waals surface area contributed by atoms with Gasteiger partial charge in [-0.1, -0.05) is 266 Å². The first kappa shape index (κ1) is 59.4. The minimum atomic E-state index is -0.762. The summed E-state index contributed by atoms with van der Waals surface area (Å²) < 4.78 is 16.9. The molecule has 6 heteroatoms. The van der Waals surface area contributed by atoms with Crippen LogP contribution in [0.2, 0.25) is 0 Å². The van der Waals surface area contributed by atoms with Gasteiger partial charge in [-0.25, -0.2) is 0 Å². The van der Waals surface area contributed by atoms with Gasteiger partial charge in [0.05, 0.1) is 0 Å². The Balaban J connectivity index is 4.32. The fraction of sp³-hybridized carbons (Fsp3) is 0.945.